The lowest BCUT2D eigenvalue weighted by molar-refractivity contribution is 0.397. The lowest BCUT2D eigenvalue weighted by atomic mass is 10.0. The standard InChI is InChI=1S/C27H54F/c1-3-5-7-9-11-12-13-14-15-16-17-18-20-22-24-26-27(28)25-23-21-19-10-8-6-4-2/h3-26H2,1-2H3. The summed E-state index contributed by atoms with van der Waals surface area (Å²) in [5, 5.41) is 0. The Bertz CT molecular complexity index is 263. The summed E-state index contributed by atoms with van der Waals surface area (Å²) in [7, 11) is 0. The van der Waals surface area contributed by atoms with Gasteiger partial charge in [-0.05, 0) is 12.8 Å². The SMILES string of the molecule is CCCCCCCCCCCCCCCCC[C](F)CCCCCCCCC. The zero-order chi connectivity index (χ0) is 20.5. The van der Waals surface area contributed by atoms with Gasteiger partial charge in [0, 0.05) is 0 Å². The maximum atomic E-state index is 13.8. The molecule has 0 aliphatic rings. The molecule has 0 spiro atoms. The van der Waals surface area contributed by atoms with Gasteiger partial charge in [-0.3, -0.25) is 0 Å². The van der Waals surface area contributed by atoms with Gasteiger partial charge in [0.15, 0.2) is 0 Å². The van der Waals surface area contributed by atoms with E-state index in [0.29, 0.717) is 0 Å². The van der Waals surface area contributed by atoms with Crippen molar-refractivity contribution in [2.45, 2.75) is 168 Å². The first-order valence-corrected chi connectivity index (χ1v) is 13.3. The van der Waals surface area contributed by atoms with Gasteiger partial charge >= 0.3 is 0 Å². The smallest absolute Gasteiger partial charge is 0.144 e. The van der Waals surface area contributed by atoms with Crippen LogP contribution in [0.15, 0.2) is 0 Å². The Morgan fingerprint density at radius 1 is 0.357 bits per heavy atom. The molecule has 28 heavy (non-hydrogen) atoms. The normalized spacial score (nSPS) is 11.6. The third kappa shape index (κ3) is 24.0. The second-order valence-corrected chi connectivity index (χ2v) is 9.09. The van der Waals surface area contributed by atoms with Gasteiger partial charge in [0.2, 0.25) is 0 Å². The van der Waals surface area contributed by atoms with Crippen LogP contribution >= 0.6 is 0 Å². The fourth-order valence-corrected chi connectivity index (χ4v) is 4.09. The van der Waals surface area contributed by atoms with Crippen molar-refractivity contribution in [1.29, 1.82) is 0 Å². The Morgan fingerprint density at radius 3 is 0.821 bits per heavy atom. The molecular weight excluding hydrogens is 343 g/mol. The third-order valence-corrected chi connectivity index (χ3v) is 6.10. The molecule has 0 saturated heterocycles. The molecule has 0 N–H and O–H groups in total. The molecule has 0 nitrogen and oxygen atoms in total. The van der Waals surface area contributed by atoms with Crippen molar-refractivity contribution < 1.29 is 4.39 Å². The molecule has 0 fully saturated rings. The number of rotatable bonds is 24. The highest BCUT2D eigenvalue weighted by Crippen LogP contribution is 2.22. The fraction of sp³-hybridized carbons (Fsp3) is 0.963. The highest BCUT2D eigenvalue weighted by atomic mass is 19.1. The Morgan fingerprint density at radius 2 is 0.571 bits per heavy atom. The summed E-state index contributed by atoms with van der Waals surface area (Å²) in [5.41, 5.74) is 0. The van der Waals surface area contributed by atoms with E-state index < -0.39 is 0 Å². The molecule has 0 aromatic heterocycles. The van der Waals surface area contributed by atoms with E-state index in [0.717, 1.165) is 25.7 Å². The summed E-state index contributed by atoms with van der Waals surface area (Å²) in [6, 6.07) is 0. The molecule has 0 bridgehead atoms. The summed E-state index contributed by atoms with van der Waals surface area (Å²) >= 11 is 0. The number of hydrogen-bond donors (Lipinski definition) is 0. The molecule has 0 aliphatic heterocycles. The maximum absolute atomic E-state index is 13.8. The van der Waals surface area contributed by atoms with Crippen molar-refractivity contribution in [3.63, 3.8) is 0 Å². The highest BCUT2D eigenvalue weighted by Gasteiger charge is 2.07. The van der Waals surface area contributed by atoms with Crippen LogP contribution in [0.3, 0.4) is 0 Å². The van der Waals surface area contributed by atoms with E-state index in [4.69, 9.17) is 0 Å². The molecule has 0 aromatic rings. The van der Waals surface area contributed by atoms with Gasteiger partial charge in [-0.1, -0.05) is 155 Å². The first kappa shape index (κ1) is 27.9. The molecule has 0 aromatic carbocycles. The van der Waals surface area contributed by atoms with Crippen molar-refractivity contribution in [1.82, 2.24) is 0 Å². The van der Waals surface area contributed by atoms with Crippen LogP contribution in [-0.2, 0) is 0 Å². The zero-order valence-electron chi connectivity index (χ0n) is 19.8. The quantitative estimate of drug-likeness (QED) is 0.142. The average molecular weight is 398 g/mol. The molecule has 0 atom stereocenters. The first-order valence-electron chi connectivity index (χ1n) is 13.3. The van der Waals surface area contributed by atoms with Gasteiger partial charge in [0.05, 0.1) is 0 Å². The maximum Gasteiger partial charge on any atom is 0.144 e. The summed E-state index contributed by atoms with van der Waals surface area (Å²) in [6.07, 6.45) is 31.3. The predicted molar refractivity (Wildman–Crippen MR) is 127 cm³/mol. The lowest BCUT2D eigenvalue weighted by Gasteiger charge is -2.07. The fourth-order valence-electron chi connectivity index (χ4n) is 4.09. The van der Waals surface area contributed by atoms with Gasteiger partial charge in [0.1, 0.15) is 6.17 Å². The number of halogens is 1. The lowest BCUT2D eigenvalue weighted by Crippen LogP contribution is -1.91. The highest BCUT2D eigenvalue weighted by molar-refractivity contribution is 4.75. The molecule has 0 heterocycles. The monoisotopic (exact) mass is 397 g/mol. The predicted octanol–water partition coefficient (Wildman–Crippen LogP) is 10.9. The third-order valence-electron chi connectivity index (χ3n) is 6.10. The average Bonchev–Trinajstić information content (AvgIpc) is 2.70. The van der Waals surface area contributed by atoms with Gasteiger partial charge in [-0.25, -0.2) is 4.39 Å². The summed E-state index contributed by atoms with van der Waals surface area (Å²) < 4.78 is 13.8. The molecule has 169 valence electrons. The van der Waals surface area contributed by atoms with Gasteiger partial charge in [0.25, 0.3) is 0 Å². The van der Waals surface area contributed by atoms with E-state index in [1.807, 2.05) is 0 Å². The van der Waals surface area contributed by atoms with E-state index in [1.165, 1.54) is 128 Å². The molecular formula is C27H54F. The van der Waals surface area contributed by atoms with Crippen LogP contribution in [0.4, 0.5) is 4.39 Å². The Kier molecular flexibility index (Phi) is 24.9. The van der Waals surface area contributed by atoms with Crippen LogP contribution in [0.1, 0.15) is 168 Å². The van der Waals surface area contributed by atoms with Gasteiger partial charge in [-0.15, -0.1) is 0 Å². The second-order valence-electron chi connectivity index (χ2n) is 9.09. The van der Waals surface area contributed by atoms with Crippen molar-refractivity contribution in [3.05, 3.63) is 6.17 Å². The molecule has 0 unspecified atom stereocenters. The Hall–Kier alpha value is -0.0700. The van der Waals surface area contributed by atoms with Crippen LogP contribution in [0.2, 0.25) is 0 Å². The van der Waals surface area contributed by atoms with E-state index in [1.54, 1.807) is 0 Å². The van der Waals surface area contributed by atoms with Crippen LogP contribution in [0.5, 0.6) is 0 Å². The van der Waals surface area contributed by atoms with Crippen LogP contribution < -0.4 is 0 Å². The van der Waals surface area contributed by atoms with Crippen molar-refractivity contribution in [3.8, 4) is 0 Å². The van der Waals surface area contributed by atoms with Crippen LogP contribution in [0.25, 0.3) is 0 Å². The Balaban J connectivity index is 3.10. The molecule has 1 heteroatoms. The van der Waals surface area contributed by atoms with Gasteiger partial charge in [-0.2, -0.15) is 0 Å². The molecule has 0 amide bonds. The van der Waals surface area contributed by atoms with E-state index in [9.17, 15) is 4.39 Å². The minimum absolute atomic E-state index is 0.267. The first-order chi connectivity index (χ1) is 13.8. The molecule has 1 radical (unpaired) electrons. The van der Waals surface area contributed by atoms with Gasteiger partial charge < -0.3 is 0 Å². The van der Waals surface area contributed by atoms with E-state index in [-0.39, 0.29) is 6.17 Å². The number of hydrogen-bond acceptors (Lipinski definition) is 0. The zero-order valence-corrected chi connectivity index (χ0v) is 19.8. The van der Waals surface area contributed by atoms with Crippen molar-refractivity contribution >= 4 is 0 Å². The second kappa shape index (κ2) is 25.0. The number of unbranched alkanes of at least 4 members (excludes halogenated alkanes) is 20. The van der Waals surface area contributed by atoms with Crippen molar-refractivity contribution in [2.24, 2.45) is 0 Å². The van der Waals surface area contributed by atoms with Crippen LogP contribution in [-0.4, -0.2) is 0 Å². The van der Waals surface area contributed by atoms with Crippen LogP contribution in [0, 0.1) is 6.17 Å². The topological polar surface area (TPSA) is 0 Å². The Labute approximate surface area is 178 Å². The van der Waals surface area contributed by atoms with Crippen molar-refractivity contribution in [2.75, 3.05) is 0 Å². The summed E-state index contributed by atoms with van der Waals surface area (Å²) in [6.45, 7) is 4.54. The summed E-state index contributed by atoms with van der Waals surface area (Å²) in [5.74, 6) is 0. The minimum atomic E-state index is 0.267. The minimum Gasteiger partial charge on any atom is -0.240 e. The molecule has 0 rings (SSSR count). The largest absolute Gasteiger partial charge is 0.240 e. The molecule has 0 aliphatic carbocycles. The molecule has 0 saturated carbocycles. The van der Waals surface area contributed by atoms with E-state index in [2.05, 4.69) is 13.8 Å². The summed E-state index contributed by atoms with van der Waals surface area (Å²) in [4.78, 5) is 0. The van der Waals surface area contributed by atoms with E-state index >= 15 is 0 Å².